The summed E-state index contributed by atoms with van der Waals surface area (Å²) in [6.07, 6.45) is 21.3. The molecule has 30 heavy (non-hydrogen) atoms. The first-order valence-electron chi connectivity index (χ1n) is 12.3. The van der Waals surface area contributed by atoms with Gasteiger partial charge < -0.3 is 14.3 Å². The summed E-state index contributed by atoms with van der Waals surface area (Å²) in [6.45, 7) is 1.40. The van der Waals surface area contributed by atoms with Gasteiger partial charge in [-0.25, -0.2) is 0 Å². The zero-order valence-corrected chi connectivity index (χ0v) is 21.3. The lowest BCUT2D eigenvalue weighted by atomic mass is 10.0. The van der Waals surface area contributed by atoms with Crippen molar-refractivity contribution >= 4 is 17.7 Å². The Morgan fingerprint density at radius 3 is 1.60 bits per heavy atom. The third kappa shape index (κ3) is 15.6. The van der Waals surface area contributed by atoms with Gasteiger partial charge in [-0.05, 0) is 25.0 Å². The summed E-state index contributed by atoms with van der Waals surface area (Å²) in [6, 6.07) is 7.79. The molecule has 2 N–H and O–H groups in total. The van der Waals surface area contributed by atoms with Crippen molar-refractivity contribution in [2.75, 3.05) is 6.61 Å². The molecule has 0 fully saturated rings. The number of rotatable bonds is 19. The van der Waals surface area contributed by atoms with E-state index in [0.717, 1.165) is 23.3 Å². The zero-order valence-electron chi connectivity index (χ0n) is 19.5. The molecule has 0 unspecified atom stereocenters. The summed E-state index contributed by atoms with van der Waals surface area (Å²) >= 11 is 0. The predicted octanol–water partition coefficient (Wildman–Crippen LogP) is 8.11. The lowest BCUT2D eigenvalue weighted by molar-refractivity contribution is 0.245. The zero-order chi connectivity index (χ0) is 21.9. The molecular weight excluding hydrogens is 411 g/mol. The highest BCUT2D eigenvalue weighted by molar-refractivity contribution is 8.16. The second-order valence-corrected chi connectivity index (χ2v) is 12.7. The SMILES string of the molecule is CCCCCCCCCCCCCCCCCCOP(O)(O)=[SH]c1ccccc1C. The molecule has 0 spiro atoms. The number of unbranched alkanes of at least 4 members (excludes halogenated alkanes) is 15. The lowest BCUT2D eigenvalue weighted by Crippen LogP contribution is -1.95. The van der Waals surface area contributed by atoms with Gasteiger partial charge in [-0.1, -0.05) is 132 Å². The Morgan fingerprint density at radius 2 is 1.13 bits per heavy atom. The van der Waals surface area contributed by atoms with Crippen molar-refractivity contribution in [1.29, 1.82) is 0 Å². The van der Waals surface area contributed by atoms with Crippen LogP contribution in [0.3, 0.4) is 0 Å². The maximum Gasteiger partial charge on any atom is 0.281 e. The highest BCUT2D eigenvalue weighted by Gasteiger charge is 2.10. The maximum atomic E-state index is 10.1. The van der Waals surface area contributed by atoms with Gasteiger partial charge in [-0.3, -0.25) is 0 Å². The number of aryl methyl sites for hydroxylation is 1. The third-order valence-electron chi connectivity index (χ3n) is 5.62. The van der Waals surface area contributed by atoms with Crippen molar-refractivity contribution in [3.63, 3.8) is 0 Å². The average molecular weight is 459 g/mol. The minimum absolute atomic E-state index is 0.443. The summed E-state index contributed by atoms with van der Waals surface area (Å²) < 4.78 is 5.42. The monoisotopic (exact) mass is 458 g/mol. The highest BCUT2D eigenvalue weighted by atomic mass is 32.5. The first kappa shape index (κ1) is 27.9. The average Bonchev–Trinajstić information content (AvgIpc) is 2.72. The molecule has 0 aliphatic heterocycles. The van der Waals surface area contributed by atoms with Crippen LogP contribution in [0.15, 0.2) is 29.2 Å². The number of benzene rings is 1. The number of hydrogen-bond donors (Lipinski definition) is 3. The van der Waals surface area contributed by atoms with Gasteiger partial charge in [-0.15, -0.1) is 0 Å². The van der Waals surface area contributed by atoms with Crippen molar-refractivity contribution in [1.82, 2.24) is 0 Å². The Labute approximate surface area is 189 Å². The van der Waals surface area contributed by atoms with Crippen molar-refractivity contribution in [3.8, 4) is 0 Å². The van der Waals surface area contributed by atoms with E-state index in [9.17, 15) is 9.79 Å². The van der Waals surface area contributed by atoms with E-state index in [1.807, 2.05) is 31.2 Å². The van der Waals surface area contributed by atoms with Gasteiger partial charge in [0.15, 0.2) is 0 Å². The summed E-state index contributed by atoms with van der Waals surface area (Å²) in [4.78, 5) is 21.2. The molecule has 1 aromatic carbocycles. The van der Waals surface area contributed by atoms with Crippen LogP contribution in [0.2, 0.25) is 0 Å². The summed E-state index contributed by atoms with van der Waals surface area (Å²) in [5, 5.41) is 0. The summed E-state index contributed by atoms with van der Waals surface area (Å²) in [5.74, 6) is 0. The van der Waals surface area contributed by atoms with Gasteiger partial charge in [0.25, 0.3) is 6.72 Å². The van der Waals surface area contributed by atoms with Gasteiger partial charge in [0.2, 0.25) is 0 Å². The first-order valence-corrected chi connectivity index (χ1v) is 15.5. The van der Waals surface area contributed by atoms with Crippen LogP contribution in [0.4, 0.5) is 0 Å². The summed E-state index contributed by atoms with van der Waals surface area (Å²) in [5.41, 5.74) is 1.07. The molecule has 176 valence electrons. The molecule has 0 aliphatic carbocycles. The van der Waals surface area contributed by atoms with Crippen LogP contribution >= 0.6 is 6.72 Å². The van der Waals surface area contributed by atoms with E-state index >= 15 is 0 Å². The van der Waals surface area contributed by atoms with Crippen molar-refractivity contribution in [2.24, 2.45) is 0 Å². The van der Waals surface area contributed by atoms with Crippen LogP contribution in [0, 0.1) is 6.92 Å². The molecule has 0 atom stereocenters. The minimum atomic E-state index is -3.31. The topological polar surface area (TPSA) is 49.7 Å². The Morgan fingerprint density at radius 1 is 0.700 bits per heavy atom. The van der Waals surface area contributed by atoms with Crippen LogP contribution in [-0.4, -0.2) is 16.4 Å². The smallest absolute Gasteiger partial charge is 0.281 e. The predicted molar refractivity (Wildman–Crippen MR) is 135 cm³/mol. The van der Waals surface area contributed by atoms with E-state index in [0.29, 0.717) is 17.5 Å². The fourth-order valence-electron chi connectivity index (χ4n) is 3.68. The van der Waals surface area contributed by atoms with Crippen LogP contribution < -0.4 is 0 Å². The van der Waals surface area contributed by atoms with Crippen LogP contribution in [0.1, 0.15) is 115 Å². The molecule has 0 heterocycles. The quantitative estimate of drug-likeness (QED) is 0.111. The highest BCUT2D eigenvalue weighted by Crippen LogP contribution is 2.41. The van der Waals surface area contributed by atoms with E-state index in [4.69, 9.17) is 4.52 Å². The second-order valence-electron chi connectivity index (χ2n) is 8.54. The van der Waals surface area contributed by atoms with Crippen molar-refractivity contribution in [2.45, 2.75) is 121 Å². The molecule has 0 aromatic heterocycles. The second kappa shape index (κ2) is 18.5. The van der Waals surface area contributed by atoms with Gasteiger partial charge in [-0.2, -0.15) is 0 Å². The standard InChI is InChI=1S/C25H47O3PS/c1-3-4-5-6-7-8-9-10-11-12-13-14-15-16-17-20-23-28-29(26,27)30-25-22-19-18-21-24(25)2/h18-19,21-22,26-27,30H,3-17,20,23H2,1-2H3. The Hall–Kier alpha value is -0.120. The molecule has 1 rings (SSSR count). The van der Waals surface area contributed by atoms with Crippen LogP contribution in [-0.2, 0) is 15.5 Å². The van der Waals surface area contributed by atoms with E-state index in [1.165, 1.54) is 89.9 Å². The normalized spacial score (nSPS) is 11.9. The molecule has 0 radical (unpaired) electrons. The Bertz CT molecular complexity index is 586. The van der Waals surface area contributed by atoms with E-state index in [1.54, 1.807) is 0 Å². The van der Waals surface area contributed by atoms with Crippen molar-refractivity contribution in [3.05, 3.63) is 29.8 Å². The molecule has 0 bridgehead atoms. The van der Waals surface area contributed by atoms with Gasteiger partial charge in [0.05, 0.1) is 6.61 Å². The van der Waals surface area contributed by atoms with E-state index in [2.05, 4.69) is 6.92 Å². The molecule has 3 nitrogen and oxygen atoms in total. The van der Waals surface area contributed by atoms with Gasteiger partial charge >= 0.3 is 0 Å². The first-order chi connectivity index (χ1) is 14.5. The fourth-order valence-corrected chi connectivity index (χ4v) is 6.71. The van der Waals surface area contributed by atoms with E-state index < -0.39 is 6.72 Å². The molecule has 0 amide bonds. The maximum absolute atomic E-state index is 10.1. The molecule has 5 heteroatoms. The minimum Gasteiger partial charge on any atom is -0.328 e. The third-order valence-corrected chi connectivity index (χ3v) is 8.90. The Balaban J connectivity index is 1.90. The largest absolute Gasteiger partial charge is 0.328 e. The van der Waals surface area contributed by atoms with Gasteiger partial charge in [0, 0.05) is 4.90 Å². The molecule has 1 aromatic rings. The van der Waals surface area contributed by atoms with Gasteiger partial charge in [0.1, 0.15) is 0 Å². The Kier molecular flexibility index (Phi) is 17.2. The number of hydrogen-bond acceptors (Lipinski definition) is 1. The molecule has 0 saturated heterocycles. The van der Waals surface area contributed by atoms with Crippen LogP contribution in [0.25, 0.3) is 0 Å². The van der Waals surface area contributed by atoms with Crippen LogP contribution in [0.5, 0.6) is 0 Å². The molecule has 0 aliphatic rings. The fraction of sp³-hybridized carbons (Fsp3) is 0.760. The van der Waals surface area contributed by atoms with E-state index in [-0.39, 0.29) is 0 Å². The lowest BCUT2D eigenvalue weighted by Gasteiger charge is -2.13. The summed E-state index contributed by atoms with van der Waals surface area (Å²) in [7, 11) is 0.501. The molecule has 0 saturated carbocycles. The van der Waals surface area contributed by atoms with Crippen molar-refractivity contribution < 1.29 is 14.3 Å². The number of thiol groups is 1. The molecular formula is C25H47O3PS.